The maximum absolute atomic E-state index is 12.9. The average molecular weight is 321 g/mol. The number of benzene rings is 1. The lowest BCUT2D eigenvalue weighted by Gasteiger charge is -2.10. The summed E-state index contributed by atoms with van der Waals surface area (Å²) in [6.07, 6.45) is 1.83. The van der Waals surface area contributed by atoms with E-state index in [0.29, 0.717) is 11.3 Å². The molecule has 0 bridgehead atoms. The summed E-state index contributed by atoms with van der Waals surface area (Å²) in [5.74, 6) is -0.794. The highest BCUT2D eigenvalue weighted by molar-refractivity contribution is 7.98. The molecule has 6 heteroatoms. The third-order valence-corrected chi connectivity index (χ3v) is 3.54. The first kappa shape index (κ1) is 16.3. The Bertz CT molecular complexity index is 679. The van der Waals surface area contributed by atoms with E-state index in [9.17, 15) is 14.0 Å². The number of thioether (sulfide) groups is 1. The minimum Gasteiger partial charge on any atom is -0.450 e. The van der Waals surface area contributed by atoms with Gasteiger partial charge in [0, 0.05) is 11.3 Å². The standard InChI is InChI=1S/C16H16FNO3S/c1-11-3-8-14(16(20)21-10-22-2)18(11)9-15(19)12-4-6-13(17)7-5-12/h3-8H,9-10H2,1-2H3. The SMILES string of the molecule is CSCOC(=O)c1ccc(C)n1CC(=O)c1ccc(F)cc1. The van der Waals surface area contributed by atoms with Crippen LogP contribution in [0, 0.1) is 12.7 Å². The van der Waals surface area contributed by atoms with Crippen molar-refractivity contribution in [1.82, 2.24) is 4.57 Å². The van der Waals surface area contributed by atoms with Crippen LogP contribution in [-0.2, 0) is 11.3 Å². The number of carbonyl (C=O) groups excluding carboxylic acids is 2. The van der Waals surface area contributed by atoms with E-state index in [1.165, 1.54) is 36.0 Å². The predicted octanol–water partition coefficient (Wildman–Crippen LogP) is 3.30. The fourth-order valence-electron chi connectivity index (χ4n) is 2.01. The zero-order valence-electron chi connectivity index (χ0n) is 12.3. The van der Waals surface area contributed by atoms with Crippen molar-refractivity contribution in [1.29, 1.82) is 0 Å². The molecule has 1 aromatic carbocycles. The van der Waals surface area contributed by atoms with Crippen LogP contribution in [0.5, 0.6) is 0 Å². The molecule has 0 atom stereocenters. The van der Waals surface area contributed by atoms with Gasteiger partial charge in [-0.1, -0.05) is 0 Å². The molecule has 0 spiro atoms. The van der Waals surface area contributed by atoms with Crippen LogP contribution in [0.2, 0.25) is 0 Å². The Labute approximate surface area is 132 Å². The minimum absolute atomic E-state index is 0.00810. The maximum atomic E-state index is 12.9. The normalized spacial score (nSPS) is 10.5. The number of hydrogen-bond acceptors (Lipinski definition) is 4. The molecule has 0 saturated heterocycles. The van der Waals surface area contributed by atoms with Gasteiger partial charge >= 0.3 is 5.97 Å². The maximum Gasteiger partial charge on any atom is 0.355 e. The number of rotatable bonds is 6. The predicted molar refractivity (Wildman–Crippen MR) is 83.7 cm³/mol. The summed E-state index contributed by atoms with van der Waals surface area (Å²) < 4.78 is 19.6. The van der Waals surface area contributed by atoms with Gasteiger partial charge in [-0.2, -0.15) is 0 Å². The van der Waals surface area contributed by atoms with Gasteiger partial charge in [0.1, 0.15) is 17.5 Å². The average Bonchev–Trinajstić information content (AvgIpc) is 2.86. The zero-order chi connectivity index (χ0) is 16.1. The largest absolute Gasteiger partial charge is 0.450 e. The summed E-state index contributed by atoms with van der Waals surface area (Å²) in [6.45, 7) is 1.82. The van der Waals surface area contributed by atoms with E-state index in [4.69, 9.17) is 4.74 Å². The molecule has 0 saturated carbocycles. The van der Waals surface area contributed by atoms with Gasteiger partial charge in [0.15, 0.2) is 5.78 Å². The number of halogens is 1. The van der Waals surface area contributed by atoms with Crippen molar-refractivity contribution in [2.24, 2.45) is 0 Å². The number of hydrogen-bond donors (Lipinski definition) is 0. The molecule has 0 aliphatic rings. The van der Waals surface area contributed by atoms with Crippen LogP contribution in [0.15, 0.2) is 36.4 Å². The Balaban J connectivity index is 2.18. The molecule has 116 valence electrons. The van der Waals surface area contributed by atoms with E-state index in [2.05, 4.69) is 0 Å². The Hall–Kier alpha value is -2.08. The summed E-state index contributed by atoms with van der Waals surface area (Å²) in [4.78, 5) is 24.2. The van der Waals surface area contributed by atoms with Crippen molar-refractivity contribution in [3.05, 3.63) is 59.2 Å². The smallest absolute Gasteiger partial charge is 0.355 e. The quantitative estimate of drug-likeness (QED) is 0.465. The van der Waals surface area contributed by atoms with Gasteiger partial charge in [-0.05, 0) is 49.6 Å². The summed E-state index contributed by atoms with van der Waals surface area (Å²) in [6, 6.07) is 8.74. The highest BCUT2D eigenvalue weighted by Gasteiger charge is 2.17. The number of carbonyl (C=O) groups is 2. The lowest BCUT2D eigenvalue weighted by molar-refractivity contribution is 0.0567. The summed E-state index contributed by atoms with van der Waals surface area (Å²) >= 11 is 1.39. The van der Waals surface area contributed by atoms with Crippen LogP contribution >= 0.6 is 11.8 Å². The van der Waals surface area contributed by atoms with Crippen molar-refractivity contribution in [2.75, 3.05) is 12.2 Å². The van der Waals surface area contributed by atoms with Gasteiger partial charge in [0.25, 0.3) is 0 Å². The number of ether oxygens (including phenoxy) is 1. The van der Waals surface area contributed by atoms with Crippen molar-refractivity contribution in [3.8, 4) is 0 Å². The molecule has 0 amide bonds. The Kier molecular flexibility index (Phi) is 5.38. The third kappa shape index (κ3) is 3.76. The highest BCUT2D eigenvalue weighted by atomic mass is 32.2. The van der Waals surface area contributed by atoms with E-state index < -0.39 is 11.8 Å². The molecule has 0 aliphatic heterocycles. The Morgan fingerprint density at radius 1 is 1.18 bits per heavy atom. The van der Waals surface area contributed by atoms with Crippen molar-refractivity contribution in [3.63, 3.8) is 0 Å². The van der Waals surface area contributed by atoms with Gasteiger partial charge in [0.2, 0.25) is 0 Å². The number of ketones is 1. The second-order valence-electron chi connectivity index (χ2n) is 4.71. The molecule has 1 aromatic heterocycles. The topological polar surface area (TPSA) is 48.3 Å². The number of Topliss-reactive ketones (excluding diaryl/α,β-unsaturated/α-hetero) is 1. The van der Waals surface area contributed by atoms with Crippen LogP contribution in [-0.4, -0.2) is 28.5 Å². The molecule has 0 radical (unpaired) electrons. The molecule has 0 N–H and O–H groups in total. The first-order valence-corrected chi connectivity index (χ1v) is 8.03. The third-order valence-electron chi connectivity index (χ3n) is 3.18. The van der Waals surface area contributed by atoms with Crippen LogP contribution in [0.1, 0.15) is 26.5 Å². The lowest BCUT2D eigenvalue weighted by atomic mass is 10.1. The minimum atomic E-state index is -0.464. The lowest BCUT2D eigenvalue weighted by Crippen LogP contribution is -2.18. The van der Waals surface area contributed by atoms with Crippen LogP contribution in [0.3, 0.4) is 0 Å². The van der Waals surface area contributed by atoms with Crippen molar-refractivity contribution >= 4 is 23.5 Å². The Morgan fingerprint density at radius 2 is 1.86 bits per heavy atom. The molecule has 0 fully saturated rings. The second kappa shape index (κ2) is 7.26. The van der Waals surface area contributed by atoms with Gasteiger partial charge in [0.05, 0.1) is 6.54 Å². The van der Waals surface area contributed by atoms with Crippen molar-refractivity contribution < 1.29 is 18.7 Å². The Morgan fingerprint density at radius 3 is 2.50 bits per heavy atom. The molecule has 22 heavy (non-hydrogen) atoms. The fourth-order valence-corrected chi connectivity index (χ4v) is 2.24. The summed E-state index contributed by atoms with van der Waals surface area (Å²) in [5, 5.41) is 0. The number of esters is 1. The number of aryl methyl sites for hydroxylation is 1. The molecule has 1 heterocycles. The molecule has 0 aliphatic carbocycles. The first-order valence-electron chi connectivity index (χ1n) is 6.64. The number of aromatic nitrogens is 1. The number of nitrogens with zero attached hydrogens (tertiary/aromatic N) is 1. The van der Waals surface area contributed by atoms with E-state index in [1.807, 2.05) is 13.2 Å². The summed E-state index contributed by atoms with van der Waals surface area (Å²) in [5.41, 5.74) is 1.52. The first-order chi connectivity index (χ1) is 10.5. The van der Waals surface area contributed by atoms with E-state index >= 15 is 0 Å². The van der Waals surface area contributed by atoms with E-state index in [-0.39, 0.29) is 18.3 Å². The second-order valence-corrected chi connectivity index (χ2v) is 5.53. The zero-order valence-corrected chi connectivity index (χ0v) is 13.2. The van der Waals surface area contributed by atoms with Gasteiger partial charge in [-0.25, -0.2) is 9.18 Å². The van der Waals surface area contributed by atoms with Crippen LogP contribution < -0.4 is 0 Å². The molecular formula is C16H16FNO3S. The summed E-state index contributed by atoms with van der Waals surface area (Å²) in [7, 11) is 0. The molecular weight excluding hydrogens is 305 g/mol. The van der Waals surface area contributed by atoms with Crippen molar-refractivity contribution in [2.45, 2.75) is 13.5 Å². The molecule has 4 nitrogen and oxygen atoms in total. The highest BCUT2D eigenvalue weighted by Crippen LogP contribution is 2.13. The molecule has 2 rings (SSSR count). The van der Waals surface area contributed by atoms with Crippen LogP contribution in [0.4, 0.5) is 4.39 Å². The van der Waals surface area contributed by atoms with E-state index in [0.717, 1.165) is 5.69 Å². The van der Waals surface area contributed by atoms with E-state index in [1.54, 1.807) is 16.7 Å². The van der Waals surface area contributed by atoms with Gasteiger partial charge in [-0.3, -0.25) is 4.79 Å². The fraction of sp³-hybridized carbons (Fsp3) is 0.250. The van der Waals surface area contributed by atoms with Gasteiger partial charge in [-0.15, -0.1) is 11.8 Å². The van der Waals surface area contributed by atoms with Crippen LogP contribution in [0.25, 0.3) is 0 Å². The monoisotopic (exact) mass is 321 g/mol. The molecule has 2 aromatic rings. The van der Waals surface area contributed by atoms with Gasteiger partial charge < -0.3 is 9.30 Å². The molecule has 0 unspecified atom stereocenters.